The highest BCUT2D eigenvalue weighted by molar-refractivity contribution is 7.90. The van der Waals surface area contributed by atoms with Crippen LogP contribution in [-0.4, -0.2) is 70.3 Å². The van der Waals surface area contributed by atoms with Crippen molar-refractivity contribution in [3.8, 4) is 0 Å². The lowest BCUT2D eigenvalue weighted by molar-refractivity contribution is -0.192. The Hall–Kier alpha value is -1.72. The first-order valence-electron chi connectivity index (χ1n) is 9.04. The van der Waals surface area contributed by atoms with Gasteiger partial charge in [-0.05, 0) is 37.3 Å². The van der Waals surface area contributed by atoms with Crippen molar-refractivity contribution in [2.24, 2.45) is 0 Å². The molecular weight excluding hydrogens is 399 g/mol. The number of hydrogen-bond acceptors (Lipinski definition) is 5. The van der Waals surface area contributed by atoms with Crippen molar-refractivity contribution in [1.82, 2.24) is 14.2 Å². The van der Waals surface area contributed by atoms with E-state index in [2.05, 4.69) is 16.0 Å². The van der Waals surface area contributed by atoms with Crippen molar-refractivity contribution in [3.63, 3.8) is 0 Å². The second-order valence-electron chi connectivity index (χ2n) is 7.20. The fraction of sp³-hybridized carbons (Fsp3) is 0.647. The molecule has 3 heterocycles. The largest absolute Gasteiger partial charge is 0.490 e. The maximum Gasteiger partial charge on any atom is 0.490 e. The predicted octanol–water partition coefficient (Wildman–Crippen LogP) is 1.86. The van der Waals surface area contributed by atoms with Crippen LogP contribution in [-0.2, 0) is 21.4 Å². The molecule has 0 spiro atoms. The number of fused-ring (bicyclic) bond motifs is 1. The first kappa shape index (κ1) is 21.0. The molecule has 11 heteroatoms. The third-order valence-electron chi connectivity index (χ3n) is 5.26. The minimum Gasteiger partial charge on any atom is -0.475 e. The summed E-state index contributed by atoms with van der Waals surface area (Å²) in [4.78, 5) is 15.5. The molecule has 1 aromatic rings. The Labute approximate surface area is 161 Å². The van der Waals surface area contributed by atoms with Gasteiger partial charge in [-0.2, -0.15) is 17.5 Å². The molecule has 0 aromatic carbocycles. The standard InChI is InChI=1S/C15H21N3O2S.C2HF3O2/c19-21(20,13-3-4-13)18-9-6-14-15(18)5-8-17(14)11-12-2-1-7-16-10-12;3-2(4,5)1(6)7/h1-2,7,10,13-15H,3-6,8-9,11H2;(H,6,7)/t14-,15+;/m1./s1. The highest BCUT2D eigenvalue weighted by Gasteiger charge is 2.50. The van der Waals surface area contributed by atoms with Crippen LogP contribution in [0.15, 0.2) is 24.5 Å². The van der Waals surface area contributed by atoms with E-state index < -0.39 is 22.2 Å². The monoisotopic (exact) mass is 421 g/mol. The number of pyridine rings is 1. The van der Waals surface area contributed by atoms with Crippen LogP contribution in [0.25, 0.3) is 0 Å². The van der Waals surface area contributed by atoms with E-state index in [4.69, 9.17) is 9.90 Å². The molecule has 1 N–H and O–H groups in total. The molecule has 0 bridgehead atoms. The van der Waals surface area contributed by atoms with Crippen molar-refractivity contribution < 1.29 is 31.5 Å². The van der Waals surface area contributed by atoms with Gasteiger partial charge in [0.2, 0.25) is 10.0 Å². The van der Waals surface area contributed by atoms with Crippen LogP contribution in [0.2, 0.25) is 0 Å². The molecule has 1 aliphatic carbocycles. The summed E-state index contributed by atoms with van der Waals surface area (Å²) in [5.41, 5.74) is 1.21. The Morgan fingerprint density at radius 1 is 1.18 bits per heavy atom. The molecule has 7 nitrogen and oxygen atoms in total. The minimum absolute atomic E-state index is 0.0800. The van der Waals surface area contributed by atoms with Crippen LogP contribution >= 0.6 is 0 Å². The highest BCUT2D eigenvalue weighted by Crippen LogP contribution is 2.39. The normalized spacial score (nSPS) is 25.8. The third kappa shape index (κ3) is 4.64. The number of nitrogens with zero attached hydrogens (tertiary/aromatic N) is 3. The van der Waals surface area contributed by atoms with E-state index in [0.29, 0.717) is 12.6 Å². The van der Waals surface area contributed by atoms with Gasteiger partial charge < -0.3 is 5.11 Å². The molecule has 2 aliphatic heterocycles. The zero-order chi connectivity index (χ0) is 20.5. The molecule has 2 atom stereocenters. The van der Waals surface area contributed by atoms with Gasteiger partial charge in [0.25, 0.3) is 0 Å². The first-order valence-corrected chi connectivity index (χ1v) is 10.5. The molecule has 0 amide bonds. The molecule has 2 saturated heterocycles. The third-order valence-corrected chi connectivity index (χ3v) is 7.68. The van der Waals surface area contributed by atoms with Gasteiger partial charge in [0.15, 0.2) is 0 Å². The van der Waals surface area contributed by atoms with E-state index in [9.17, 15) is 21.6 Å². The van der Waals surface area contributed by atoms with Crippen LogP contribution in [0.3, 0.4) is 0 Å². The Balaban J connectivity index is 0.000000279. The van der Waals surface area contributed by atoms with Crippen molar-refractivity contribution in [2.45, 2.75) is 55.7 Å². The molecule has 3 fully saturated rings. The van der Waals surface area contributed by atoms with Gasteiger partial charge in [-0.25, -0.2) is 13.2 Å². The van der Waals surface area contributed by atoms with E-state index in [-0.39, 0.29) is 11.3 Å². The summed E-state index contributed by atoms with van der Waals surface area (Å²) in [6.45, 7) is 2.57. The number of aliphatic carboxylic acids is 1. The first-order chi connectivity index (χ1) is 13.1. The Morgan fingerprint density at radius 2 is 1.82 bits per heavy atom. The molecular formula is C17H22F3N3O4S. The number of alkyl halides is 3. The average molecular weight is 421 g/mol. The Morgan fingerprint density at radius 3 is 2.36 bits per heavy atom. The quantitative estimate of drug-likeness (QED) is 0.798. The number of aromatic nitrogens is 1. The maximum atomic E-state index is 12.5. The van der Waals surface area contributed by atoms with E-state index in [1.807, 2.05) is 16.6 Å². The van der Waals surface area contributed by atoms with Crippen molar-refractivity contribution in [1.29, 1.82) is 0 Å². The second kappa shape index (κ2) is 7.96. The zero-order valence-electron chi connectivity index (χ0n) is 15.0. The minimum atomic E-state index is -5.08. The second-order valence-corrected chi connectivity index (χ2v) is 9.37. The van der Waals surface area contributed by atoms with Crippen LogP contribution < -0.4 is 0 Å². The lowest BCUT2D eigenvalue weighted by Crippen LogP contribution is -2.41. The molecule has 0 unspecified atom stereocenters. The fourth-order valence-electron chi connectivity index (χ4n) is 3.83. The molecule has 1 saturated carbocycles. The summed E-state index contributed by atoms with van der Waals surface area (Å²) in [5.74, 6) is -2.76. The van der Waals surface area contributed by atoms with E-state index in [1.54, 1.807) is 6.20 Å². The summed E-state index contributed by atoms with van der Waals surface area (Å²) in [5, 5.41) is 7.05. The predicted molar refractivity (Wildman–Crippen MR) is 93.8 cm³/mol. The smallest absolute Gasteiger partial charge is 0.475 e. The van der Waals surface area contributed by atoms with Gasteiger partial charge in [0.1, 0.15) is 0 Å². The summed E-state index contributed by atoms with van der Waals surface area (Å²) in [6.07, 6.45) is 2.26. The summed E-state index contributed by atoms with van der Waals surface area (Å²) in [7, 11) is -3.02. The molecule has 1 aromatic heterocycles. The van der Waals surface area contributed by atoms with Gasteiger partial charge in [0, 0.05) is 44.1 Å². The average Bonchev–Trinajstić information content (AvgIpc) is 3.29. The van der Waals surface area contributed by atoms with E-state index >= 15 is 0 Å². The van der Waals surface area contributed by atoms with Gasteiger partial charge in [0.05, 0.1) is 5.25 Å². The summed E-state index contributed by atoms with van der Waals surface area (Å²) >= 11 is 0. The van der Waals surface area contributed by atoms with E-state index in [0.717, 1.165) is 38.8 Å². The summed E-state index contributed by atoms with van der Waals surface area (Å²) in [6, 6.07) is 4.64. The van der Waals surface area contributed by atoms with Crippen molar-refractivity contribution in [2.75, 3.05) is 13.1 Å². The van der Waals surface area contributed by atoms with Gasteiger partial charge in [-0.1, -0.05) is 6.07 Å². The fourth-order valence-corrected chi connectivity index (χ4v) is 5.93. The molecule has 28 heavy (non-hydrogen) atoms. The number of carboxylic acid groups (broad SMARTS) is 1. The van der Waals surface area contributed by atoms with Crippen molar-refractivity contribution in [3.05, 3.63) is 30.1 Å². The zero-order valence-corrected chi connectivity index (χ0v) is 15.9. The number of carbonyl (C=O) groups is 1. The molecule has 0 radical (unpaired) electrons. The molecule has 156 valence electrons. The van der Waals surface area contributed by atoms with Crippen LogP contribution in [0.4, 0.5) is 13.2 Å². The maximum absolute atomic E-state index is 12.5. The van der Waals surface area contributed by atoms with Gasteiger partial charge in [-0.3, -0.25) is 9.88 Å². The molecule has 4 rings (SSSR count). The number of carboxylic acids is 1. The van der Waals surface area contributed by atoms with Crippen molar-refractivity contribution >= 4 is 16.0 Å². The van der Waals surface area contributed by atoms with Crippen LogP contribution in [0.1, 0.15) is 31.2 Å². The lowest BCUT2D eigenvalue weighted by Gasteiger charge is -2.25. The SMILES string of the molecule is O=C(O)C(F)(F)F.O=S(=O)(C1CC1)N1CC[C@@H]2[C@@H]1CCN2Cc1cccnc1. The number of halogens is 3. The number of rotatable bonds is 4. The van der Waals surface area contributed by atoms with Crippen LogP contribution in [0, 0.1) is 0 Å². The summed E-state index contributed by atoms with van der Waals surface area (Å²) < 4.78 is 58.6. The van der Waals surface area contributed by atoms with Gasteiger partial charge in [-0.15, -0.1) is 0 Å². The Kier molecular flexibility index (Phi) is 5.97. The van der Waals surface area contributed by atoms with E-state index in [1.165, 1.54) is 5.56 Å². The number of sulfonamides is 1. The Bertz CT molecular complexity index is 800. The topological polar surface area (TPSA) is 90.8 Å². The van der Waals surface area contributed by atoms with Crippen LogP contribution in [0.5, 0.6) is 0 Å². The number of likely N-dealkylation sites (tertiary alicyclic amines) is 1. The number of hydrogen-bond donors (Lipinski definition) is 1. The van der Waals surface area contributed by atoms with Gasteiger partial charge >= 0.3 is 12.1 Å². The highest BCUT2D eigenvalue weighted by atomic mass is 32.2. The molecule has 3 aliphatic rings. The lowest BCUT2D eigenvalue weighted by atomic mass is 10.1.